The van der Waals surface area contributed by atoms with Gasteiger partial charge in [-0.05, 0) is 19.4 Å². The van der Waals surface area contributed by atoms with E-state index in [0.717, 1.165) is 17.0 Å². The predicted octanol–water partition coefficient (Wildman–Crippen LogP) is 1.38. The molecule has 2 rings (SSSR count). The van der Waals surface area contributed by atoms with E-state index in [1.165, 1.54) is 6.20 Å². The van der Waals surface area contributed by atoms with Crippen molar-refractivity contribution in [2.24, 2.45) is 7.05 Å². The second-order valence-corrected chi connectivity index (χ2v) is 5.67. The second-order valence-electron chi connectivity index (χ2n) is 4.60. The van der Waals surface area contributed by atoms with E-state index in [1.807, 2.05) is 13.1 Å². The highest BCUT2D eigenvalue weighted by molar-refractivity contribution is 7.13. The maximum atomic E-state index is 11.9. The van der Waals surface area contributed by atoms with Gasteiger partial charge in [0, 0.05) is 25.4 Å². The summed E-state index contributed by atoms with van der Waals surface area (Å²) in [5.41, 5.74) is 0.986. The largest absolute Gasteiger partial charge is 0.477 e. The van der Waals surface area contributed by atoms with Crippen molar-refractivity contribution in [2.45, 2.75) is 25.8 Å². The molecule has 0 spiro atoms. The molecule has 2 aromatic heterocycles. The molecule has 2 aromatic rings. The average molecular weight is 308 g/mol. The predicted molar refractivity (Wildman–Crippen MR) is 77.2 cm³/mol. The third-order valence-corrected chi connectivity index (χ3v) is 4.18. The molecule has 2 heterocycles. The second kappa shape index (κ2) is 6.49. The number of nitrogens with one attached hydrogen (secondary N) is 1. The zero-order chi connectivity index (χ0) is 15.4. The molecule has 0 aliphatic rings. The molecule has 7 nitrogen and oxygen atoms in total. The van der Waals surface area contributed by atoms with Crippen molar-refractivity contribution in [1.82, 2.24) is 20.1 Å². The highest BCUT2D eigenvalue weighted by Crippen LogP contribution is 2.20. The Hall–Kier alpha value is -2.22. The van der Waals surface area contributed by atoms with Gasteiger partial charge in [-0.3, -0.25) is 9.48 Å². The van der Waals surface area contributed by atoms with Crippen LogP contribution in [0.2, 0.25) is 0 Å². The van der Waals surface area contributed by atoms with E-state index in [4.69, 9.17) is 5.11 Å². The topological polar surface area (TPSA) is 97.1 Å². The normalized spacial score (nSPS) is 12.1. The molecule has 112 valence electrons. The average Bonchev–Trinajstić information content (AvgIpc) is 3.05. The molecular weight excluding hydrogens is 292 g/mol. The van der Waals surface area contributed by atoms with Crippen LogP contribution in [0, 0.1) is 0 Å². The highest BCUT2D eigenvalue weighted by Gasteiger charge is 2.16. The van der Waals surface area contributed by atoms with Crippen LogP contribution in [0.5, 0.6) is 0 Å². The van der Waals surface area contributed by atoms with Crippen molar-refractivity contribution >= 4 is 23.2 Å². The van der Waals surface area contributed by atoms with Gasteiger partial charge in [0.2, 0.25) is 5.91 Å². The Bertz CT molecular complexity index is 649. The van der Waals surface area contributed by atoms with Crippen LogP contribution in [0.1, 0.15) is 39.8 Å². The molecule has 0 aliphatic heterocycles. The molecule has 0 fully saturated rings. The molecule has 2 N–H and O–H groups in total. The van der Waals surface area contributed by atoms with Crippen molar-refractivity contribution < 1.29 is 14.7 Å². The molecule has 1 unspecified atom stereocenters. The van der Waals surface area contributed by atoms with Crippen LogP contribution < -0.4 is 5.32 Å². The van der Waals surface area contributed by atoms with Crippen LogP contribution in [-0.2, 0) is 18.3 Å². The lowest BCUT2D eigenvalue weighted by molar-refractivity contribution is -0.121. The summed E-state index contributed by atoms with van der Waals surface area (Å²) in [5.74, 6) is -1.11. The van der Waals surface area contributed by atoms with Gasteiger partial charge < -0.3 is 10.4 Å². The first-order valence-electron chi connectivity index (χ1n) is 6.42. The molecule has 0 radical (unpaired) electrons. The Labute approximate surface area is 125 Å². The van der Waals surface area contributed by atoms with E-state index >= 15 is 0 Å². The summed E-state index contributed by atoms with van der Waals surface area (Å²) < 4.78 is 1.73. The summed E-state index contributed by atoms with van der Waals surface area (Å²) in [6, 6.07) is 1.57. The minimum absolute atomic E-state index is 0.101. The van der Waals surface area contributed by atoms with E-state index in [0.29, 0.717) is 17.8 Å². The summed E-state index contributed by atoms with van der Waals surface area (Å²) in [6.45, 7) is 1.78. The van der Waals surface area contributed by atoms with Crippen LogP contribution in [0.15, 0.2) is 18.5 Å². The lowest BCUT2D eigenvalue weighted by Gasteiger charge is -2.11. The summed E-state index contributed by atoms with van der Waals surface area (Å²) >= 11 is 1.07. The lowest BCUT2D eigenvalue weighted by Crippen LogP contribution is -2.26. The van der Waals surface area contributed by atoms with Gasteiger partial charge in [-0.25, -0.2) is 9.78 Å². The van der Waals surface area contributed by atoms with Crippen LogP contribution in [0.4, 0.5) is 0 Å². The standard InChI is InChI=1S/C13H16N4O3S/c1-8(12-14-7-10(21-12)13(19)20)16-11(18)4-3-9-5-6-15-17(9)2/h5-8H,3-4H2,1-2H3,(H,16,18)(H,19,20). The third kappa shape index (κ3) is 3.88. The number of nitrogens with zero attached hydrogens (tertiary/aromatic N) is 3. The molecule has 0 saturated heterocycles. The van der Waals surface area contributed by atoms with E-state index in [2.05, 4.69) is 15.4 Å². The maximum absolute atomic E-state index is 11.9. The van der Waals surface area contributed by atoms with Gasteiger partial charge in [-0.15, -0.1) is 11.3 Å². The van der Waals surface area contributed by atoms with Crippen molar-refractivity contribution in [2.75, 3.05) is 0 Å². The van der Waals surface area contributed by atoms with Crippen LogP contribution in [0.25, 0.3) is 0 Å². The first kappa shape index (κ1) is 15.2. The number of hydrogen-bond donors (Lipinski definition) is 2. The number of rotatable bonds is 6. The van der Waals surface area contributed by atoms with Crippen LogP contribution >= 0.6 is 11.3 Å². The fourth-order valence-electron chi connectivity index (χ4n) is 1.85. The Kier molecular flexibility index (Phi) is 4.69. The Morgan fingerprint density at radius 2 is 2.29 bits per heavy atom. The minimum atomic E-state index is -1.01. The van der Waals surface area contributed by atoms with E-state index in [-0.39, 0.29) is 16.8 Å². The van der Waals surface area contributed by atoms with Gasteiger partial charge in [-0.2, -0.15) is 5.10 Å². The van der Waals surface area contributed by atoms with Gasteiger partial charge in [0.15, 0.2) is 0 Å². The zero-order valence-electron chi connectivity index (χ0n) is 11.7. The Balaban J connectivity index is 1.86. The third-order valence-electron chi connectivity index (χ3n) is 3.01. The number of amides is 1. The number of carbonyl (C=O) groups is 2. The summed E-state index contributed by atoms with van der Waals surface area (Å²) in [7, 11) is 1.83. The highest BCUT2D eigenvalue weighted by atomic mass is 32.1. The molecule has 0 aromatic carbocycles. The molecule has 0 bridgehead atoms. The van der Waals surface area contributed by atoms with Gasteiger partial charge >= 0.3 is 5.97 Å². The van der Waals surface area contributed by atoms with E-state index in [1.54, 1.807) is 17.8 Å². The van der Waals surface area contributed by atoms with Gasteiger partial charge in [0.25, 0.3) is 0 Å². The maximum Gasteiger partial charge on any atom is 0.347 e. The van der Waals surface area contributed by atoms with E-state index in [9.17, 15) is 9.59 Å². The van der Waals surface area contributed by atoms with Crippen LogP contribution in [-0.4, -0.2) is 31.7 Å². The van der Waals surface area contributed by atoms with Crippen molar-refractivity contribution in [3.05, 3.63) is 34.0 Å². The molecular formula is C13H16N4O3S. The molecule has 8 heteroatoms. The molecule has 1 atom stereocenters. The van der Waals surface area contributed by atoms with Gasteiger partial charge in [0.1, 0.15) is 9.88 Å². The monoisotopic (exact) mass is 308 g/mol. The van der Waals surface area contributed by atoms with Gasteiger partial charge in [0.05, 0.1) is 12.2 Å². The van der Waals surface area contributed by atoms with E-state index < -0.39 is 5.97 Å². The minimum Gasteiger partial charge on any atom is -0.477 e. The fourth-order valence-corrected chi connectivity index (χ4v) is 2.61. The SMILES string of the molecule is CC(NC(=O)CCc1ccnn1C)c1ncc(C(=O)O)s1. The Morgan fingerprint density at radius 3 is 2.86 bits per heavy atom. The zero-order valence-corrected chi connectivity index (χ0v) is 12.6. The number of carboxylic acid groups (broad SMARTS) is 1. The number of carbonyl (C=O) groups excluding carboxylic acids is 1. The van der Waals surface area contributed by atoms with Gasteiger partial charge in [-0.1, -0.05) is 0 Å². The smallest absolute Gasteiger partial charge is 0.347 e. The molecule has 1 amide bonds. The number of thiazole rings is 1. The number of carboxylic acids is 1. The number of aromatic carboxylic acids is 1. The van der Waals surface area contributed by atoms with Crippen molar-refractivity contribution in [3.8, 4) is 0 Å². The molecule has 21 heavy (non-hydrogen) atoms. The first-order chi connectivity index (χ1) is 9.97. The number of aromatic nitrogens is 3. The number of hydrogen-bond acceptors (Lipinski definition) is 5. The van der Waals surface area contributed by atoms with Crippen molar-refractivity contribution in [3.63, 3.8) is 0 Å². The number of aryl methyl sites for hydroxylation is 2. The summed E-state index contributed by atoms with van der Waals surface area (Å²) in [6.07, 6.45) is 3.95. The molecule has 0 saturated carbocycles. The molecule has 0 aliphatic carbocycles. The summed E-state index contributed by atoms with van der Waals surface area (Å²) in [5, 5.41) is 16.3. The summed E-state index contributed by atoms with van der Waals surface area (Å²) in [4.78, 5) is 26.9. The Morgan fingerprint density at radius 1 is 1.52 bits per heavy atom. The van der Waals surface area contributed by atoms with Crippen LogP contribution in [0.3, 0.4) is 0 Å². The first-order valence-corrected chi connectivity index (χ1v) is 7.24. The lowest BCUT2D eigenvalue weighted by atomic mass is 10.2. The fraction of sp³-hybridized carbons (Fsp3) is 0.385. The quantitative estimate of drug-likeness (QED) is 0.840. The van der Waals surface area contributed by atoms with Crippen molar-refractivity contribution in [1.29, 1.82) is 0 Å².